The summed E-state index contributed by atoms with van der Waals surface area (Å²) in [4.78, 5) is 25.0. The summed E-state index contributed by atoms with van der Waals surface area (Å²) in [5.74, 6) is -0.184. The Bertz CT molecular complexity index is 1330. The molecular formula is C53H93N2O6P. The lowest BCUT2D eigenvalue weighted by molar-refractivity contribution is -0.870. The third-order valence-corrected chi connectivity index (χ3v) is 11.3. The molecule has 0 aromatic heterocycles. The average molecular weight is 885 g/mol. The molecule has 0 aromatic rings. The molecule has 0 aliphatic carbocycles. The molecule has 356 valence electrons. The number of aliphatic hydroxyl groups excluding tert-OH is 1. The van der Waals surface area contributed by atoms with E-state index in [0.29, 0.717) is 23.9 Å². The van der Waals surface area contributed by atoms with Crippen molar-refractivity contribution < 1.29 is 32.9 Å². The van der Waals surface area contributed by atoms with Gasteiger partial charge in [0.05, 0.1) is 39.9 Å². The summed E-state index contributed by atoms with van der Waals surface area (Å²) in [5.41, 5.74) is 0. The number of rotatable bonds is 43. The van der Waals surface area contributed by atoms with Crippen molar-refractivity contribution in [2.45, 2.75) is 193 Å². The fraction of sp³-hybridized carbons (Fsp3) is 0.679. The van der Waals surface area contributed by atoms with Crippen LogP contribution in [-0.2, 0) is 18.4 Å². The highest BCUT2D eigenvalue weighted by Crippen LogP contribution is 2.38. The molecule has 0 saturated heterocycles. The Morgan fingerprint density at radius 2 is 0.984 bits per heavy atom. The van der Waals surface area contributed by atoms with Crippen LogP contribution in [0.3, 0.4) is 0 Å². The van der Waals surface area contributed by atoms with E-state index in [-0.39, 0.29) is 19.1 Å². The Morgan fingerprint density at radius 3 is 1.40 bits per heavy atom. The molecule has 1 amide bonds. The first-order chi connectivity index (χ1) is 30.0. The molecule has 2 N–H and O–H groups in total. The van der Waals surface area contributed by atoms with Crippen LogP contribution in [0, 0.1) is 0 Å². The van der Waals surface area contributed by atoms with E-state index in [1.165, 1.54) is 64.2 Å². The SMILES string of the molecule is CC/C=C\C/C=C\C/C=C\C/C=C\C/C=C\C/C=C\C/C=C\C/C=C\CCCCCCCCCCCCCCC(=O)NC(COP(=O)([O-])OCC[N+](C)(C)C)C(O)CCCCC. The highest BCUT2D eigenvalue weighted by Gasteiger charge is 2.24. The predicted octanol–water partition coefficient (Wildman–Crippen LogP) is 13.7. The van der Waals surface area contributed by atoms with Gasteiger partial charge in [-0.3, -0.25) is 9.36 Å². The van der Waals surface area contributed by atoms with Crippen LogP contribution < -0.4 is 10.2 Å². The van der Waals surface area contributed by atoms with Gasteiger partial charge in [-0.25, -0.2) is 0 Å². The van der Waals surface area contributed by atoms with Gasteiger partial charge in [0, 0.05) is 6.42 Å². The number of nitrogens with one attached hydrogen (secondary N) is 1. The van der Waals surface area contributed by atoms with Crippen molar-refractivity contribution in [1.29, 1.82) is 0 Å². The monoisotopic (exact) mass is 885 g/mol. The molecule has 8 nitrogen and oxygen atoms in total. The average Bonchev–Trinajstić information content (AvgIpc) is 3.23. The maximum Gasteiger partial charge on any atom is 0.268 e. The van der Waals surface area contributed by atoms with E-state index in [2.05, 4.69) is 116 Å². The second-order valence-corrected chi connectivity index (χ2v) is 18.8. The van der Waals surface area contributed by atoms with Crippen LogP contribution in [0.15, 0.2) is 97.2 Å². The first-order valence-electron chi connectivity index (χ1n) is 24.6. The molecule has 0 aliphatic heterocycles. The number of quaternary nitrogens is 1. The molecule has 62 heavy (non-hydrogen) atoms. The normalized spacial score (nSPS) is 15.0. The second-order valence-electron chi connectivity index (χ2n) is 17.4. The number of hydrogen-bond acceptors (Lipinski definition) is 6. The largest absolute Gasteiger partial charge is 0.756 e. The number of allylic oxidation sites excluding steroid dienone is 16. The molecule has 3 unspecified atom stereocenters. The van der Waals surface area contributed by atoms with Gasteiger partial charge in [-0.2, -0.15) is 0 Å². The van der Waals surface area contributed by atoms with E-state index >= 15 is 0 Å². The van der Waals surface area contributed by atoms with Gasteiger partial charge in [0.25, 0.3) is 7.82 Å². The fourth-order valence-corrected chi connectivity index (χ4v) is 7.19. The maximum absolute atomic E-state index is 12.7. The van der Waals surface area contributed by atoms with Crippen molar-refractivity contribution >= 4 is 13.7 Å². The van der Waals surface area contributed by atoms with Crippen molar-refractivity contribution in [3.63, 3.8) is 0 Å². The number of nitrogens with zero attached hydrogens (tertiary/aromatic N) is 1. The van der Waals surface area contributed by atoms with Gasteiger partial charge < -0.3 is 28.8 Å². The molecule has 0 aromatic carbocycles. The number of carbonyl (C=O) groups is 1. The number of phosphoric acid groups is 1. The van der Waals surface area contributed by atoms with Crippen LogP contribution in [0.1, 0.15) is 181 Å². The molecule has 9 heteroatoms. The molecule has 0 fully saturated rings. The number of unbranched alkanes of at least 4 members (excludes halogenated alkanes) is 14. The lowest BCUT2D eigenvalue weighted by atomic mass is 10.0. The quantitative estimate of drug-likeness (QED) is 0.0273. The summed E-state index contributed by atoms with van der Waals surface area (Å²) in [5, 5.41) is 13.6. The number of amides is 1. The second kappa shape index (κ2) is 43.7. The zero-order valence-corrected chi connectivity index (χ0v) is 41.2. The summed E-state index contributed by atoms with van der Waals surface area (Å²) < 4.78 is 23.0. The van der Waals surface area contributed by atoms with Crippen LogP contribution in [-0.4, -0.2) is 68.5 Å². The van der Waals surface area contributed by atoms with Crippen molar-refractivity contribution in [1.82, 2.24) is 5.32 Å². The zero-order chi connectivity index (χ0) is 45.7. The van der Waals surface area contributed by atoms with Gasteiger partial charge in [0.2, 0.25) is 5.91 Å². The summed E-state index contributed by atoms with van der Waals surface area (Å²) in [6.45, 7) is 4.41. The molecular weight excluding hydrogens is 792 g/mol. The Hall–Kier alpha value is -2.58. The number of likely N-dealkylation sites (N-methyl/N-ethyl adjacent to an activating group) is 1. The number of aliphatic hydroxyl groups is 1. The van der Waals surface area contributed by atoms with Crippen molar-refractivity contribution in [3.8, 4) is 0 Å². The summed E-state index contributed by atoms with van der Waals surface area (Å²) >= 11 is 0. The highest BCUT2D eigenvalue weighted by atomic mass is 31.2. The minimum atomic E-state index is -4.55. The van der Waals surface area contributed by atoms with Gasteiger partial charge in [-0.15, -0.1) is 0 Å². The van der Waals surface area contributed by atoms with E-state index in [4.69, 9.17) is 9.05 Å². The van der Waals surface area contributed by atoms with E-state index in [1.54, 1.807) is 0 Å². The van der Waals surface area contributed by atoms with Gasteiger partial charge in [-0.05, 0) is 77.0 Å². The van der Waals surface area contributed by atoms with E-state index in [0.717, 1.165) is 89.9 Å². The van der Waals surface area contributed by atoms with Crippen molar-refractivity contribution in [2.24, 2.45) is 0 Å². The first kappa shape index (κ1) is 59.4. The Morgan fingerprint density at radius 1 is 0.581 bits per heavy atom. The van der Waals surface area contributed by atoms with Crippen molar-refractivity contribution in [2.75, 3.05) is 40.9 Å². The molecule has 0 saturated carbocycles. The molecule has 0 spiro atoms. The van der Waals surface area contributed by atoms with E-state index in [1.807, 2.05) is 21.1 Å². The van der Waals surface area contributed by atoms with Gasteiger partial charge in [0.1, 0.15) is 13.2 Å². The maximum atomic E-state index is 12.7. The molecule has 0 radical (unpaired) electrons. The molecule has 0 bridgehead atoms. The zero-order valence-electron chi connectivity index (χ0n) is 40.3. The predicted molar refractivity (Wildman–Crippen MR) is 265 cm³/mol. The number of hydrogen-bond donors (Lipinski definition) is 2. The molecule has 0 rings (SSSR count). The van der Waals surface area contributed by atoms with Crippen LogP contribution in [0.5, 0.6) is 0 Å². The van der Waals surface area contributed by atoms with Gasteiger partial charge in [0.15, 0.2) is 0 Å². The Balaban J connectivity index is 3.82. The third kappa shape index (κ3) is 45.4. The van der Waals surface area contributed by atoms with Gasteiger partial charge >= 0.3 is 0 Å². The minimum absolute atomic E-state index is 0.00613. The standard InChI is InChI=1S/C53H93N2O6P/c1-6-8-10-11-12-13-14-15-16-17-18-19-20-21-22-23-24-25-26-27-28-29-30-31-32-33-34-35-36-37-38-39-40-41-42-43-45-47-53(57)54-51(52(56)46-44-9-7-2)50-61-62(58,59)60-49-48-55(3,4)5/h8,10,12-13,15-16,18-19,21-22,24-25,27-28,30-31,51-52,56H,6-7,9,11,14,17,20,23,26,29,32-50H2,1-5H3,(H-,54,57,58,59)/b10-8-,13-12-,16-15-,19-18-,22-21-,25-24-,28-27-,31-30-. The smallest absolute Gasteiger partial charge is 0.268 e. The minimum Gasteiger partial charge on any atom is -0.756 e. The molecule has 3 atom stereocenters. The third-order valence-electron chi connectivity index (χ3n) is 10.3. The fourth-order valence-electron chi connectivity index (χ4n) is 6.47. The molecule has 0 aliphatic rings. The van der Waals surface area contributed by atoms with E-state index < -0.39 is 20.0 Å². The highest BCUT2D eigenvalue weighted by molar-refractivity contribution is 7.45. The van der Waals surface area contributed by atoms with Crippen LogP contribution in [0.25, 0.3) is 0 Å². The number of phosphoric ester groups is 1. The van der Waals surface area contributed by atoms with Crippen LogP contribution in [0.2, 0.25) is 0 Å². The molecule has 0 heterocycles. The lowest BCUT2D eigenvalue weighted by Crippen LogP contribution is -2.46. The lowest BCUT2D eigenvalue weighted by Gasteiger charge is -2.30. The topological polar surface area (TPSA) is 108 Å². The van der Waals surface area contributed by atoms with Crippen LogP contribution >= 0.6 is 7.82 Å². The Kier molecular flexibility index (Phi) is 41.8. The summed E-state index contributed by atoms with van der Waals surface area (Å²) in [6.07, 6.45) is 62.4. The van der Waals surface area contributed by atoms with Gasteiger partial charge in [-0.1, -0.05) is 195 Å². The summed E-state index contributed by atoms with van der Waals surface area (Å²) in [6, 6.07) is -0.802. The Labute approximate surface area is 381 Å². The summed E-state index contributed by atoms with van der Waals surface area (Å²) in [7, 11) is 1.28. The van der Waals surface area contributed by atoms with Crippen molar-refractivity contribution in [3.05, 3.63) is 97.2 Å². The number of carbonyl (C=O) groups excluding carboxylic acids is 1. The van der Waals surface area contributed by atoms with E-state index in [9.17, 15) is 19.4 Å². The first-order valence-corrected chi connectivity index (χ1v) is 26.0. The van der Waals surface area contributed by atoms with Crippen LogP contribution in [0.4, 0.5) is 0 Å².